The molecule has 1 aromatic rings. The van der Waals surface area contributed by atoms with Gasteiger partial charge in [0.05, 0.1) is 10.0 Å². The van der Waals surface area contributed by atoms with Gasteiger partial charge < -0.3 is 9.47 Å². The maximum Gasteiger partial charge on any atom is 0.411 e. The smallest absolute Gasteiger partial charge is 0.411 e. The zero-order valence-electron chi connectivity index (χ0n) is 8.46. The summed E-state index contributed by atoms with van der Waals surface area (Å²) in [6, 6.07) is 4.69. The van der Waals surface area contributed by atoms with E-state index in [0.29, 0.717) is 10.8 Å². The Labute approximate surface area is 104 Å². The van der Waals surface area contributed by atoms with Crippen molar-refractivity contribution in [2.24, 2.45) is 0 Å². The fourth-order valence-corrected chi connectivity index (χ4v) is 1.52. The summed E-state index contributed by atoms with van der Waals surface area (Å²) in [5, 5.41) is 0. The third-order valence-corrected chi connectivity index (χ3v) is 2.30. The first kappa shape index (κ1) is 14.0. The highest BCUT2D eigenvalue weighted by molar-refractivity contribution is 9.10. The minimum absolute atomic E-state index is 0.157. The molecule has 94 valence electrons. The molecular formula is C10H8BrF3O3. The van der Waals surface area contributed by atoms with Gasteiger partial charge in [0.15, 0.2) is 13.1 Å². The summed E-state index contributed by atoms with van der Waals surface area (Å²) in [5.74, 6) is 0.157. The average Bonchev–Trinajstić information content (AvgIpc) is 2.24. The van der Waals surface area contributed by atoms with Crippen molar-refractivity contribution in [1.29, 1.82) is 0 Å². The number of aldehydes is 1. The fraction of sp³-hybridized carbons (Fsp3) is 0.300. The third kappa shape index (κ3) is 4.74. The Kier molecular flexibility index (Phi) is 4.95. The minimum Gasteiger partial charge on any atom is -0.466 e. The standard InChI is InChI=1S/C10H8BrF3O3/c11-8-3-1-2-7(4-15)9(8)17-6-16-5-10(12,13)14/h1-4H,5-6H2. The monoisotopic (exact) mass is 312 g/mol. The second-order valence-electron chi connectivity index (χ2n) is 3.00. The van der Waals surface area contributed by atoms with E-state index in [1.54, 1.807) is 12.1 Å². The van der Waals surface area contributed by atoms with Crippen LogP contribution in [-0.2, 0) is 4.74 Å². The average molecular weight is 313 g/mol. The van der Waals surface area contributed by atoms with E-state index in [1.165, 1.54) is 6.07 Å². The fourth-order valence-electron chi connectivity index (χ4n) is 1.03. The minimum atomic E-state index is -4.40. The molecule has 17 heavy (non-hydrogen) atoms. The van der Waals surface area contributed by atoms with Crippen LogP contribution in [0.15, 0.2) is 22.7 Å². The Hall–Kier alpha value is -1.08. The van der Waals surface area contributed by atoms with Crippen molar-refractivity contribution in [2.75, 3.05) is 13.4 Å². The molecule has 0 radical (unpaired) electrons. The molecule has 0 saturated carbocycles. The summed E-state index contributed by atoms with van der Waals surface area (Å²) in [6.07, 6.45) is -3.85. The van der Waals surface area contributed by atoms with Gasteiger partial charge in [0.2, 0.25) is 0 Å². The summed E-state index contributed by atoms with van der Waals surface area (Å²) >= 11 is 3.12. The molecule has 0 amide bonds. The molecule has 0 unspecified atom stereocenters. The Morgan fingerprint density at radius 1 is 1.35 bits per heavy atom. The molecule has 0 N–H and O–H groups in total. The van der Waals surface area contributed by atoms with Gasteiger partial charge in [-0.15, -0.1) is 0 Å². The normalized spacial score (nSPS) is 11.3. The quantitative estimate of drug-likeness (QED) is 0.476. The molecule has 7 heteroatoms. The van der Waals surface area contributed by atoms with Crippen LogP contribution < -0.4 is 4.74 Å². The molecule has 0 bridgehead atoms. The molecule has 0 aromatic heterocycles. The van der Waals surface area contributed by atoms with E-state index < -0.39 is 19.6 Å². The zero-order valence-corrected chi connectivity index (χ0v) is 10.0. The van der Waals surface area contributed by atoms with Gasteiger partial charge in [0, 0.05) is 0 Å². The van der Waals surface area contributed by atoms with Gasteiger partial charge in [-0.05, 0) is 28.1 Å². The van der Waals surface area contributed by atoms with Gasteiger partial charge in [-0.2, -0.15) is 13.2 Å². The van der Waals surface area contributed by atoms with Gasteiger partial charge in [-0.1, -0.05) is 6.07 Å². The van der Waals surface area contributed by atoms with E-state index in [-0.39, 0.29) is 11.3 Å². The number of alkyl halides is 3. The first-order valence-electron chi connectivity index (χ1n) is 4.45. The molecule has 1 aromatic carbocycles. The second-order valence-corrected chi connectivity index (χ2v) is 3.86. The van der Waals surface area contributed by atoms with Crippen molar-refractivity contribution < 1.29 is 27.4 Å². The predicted molar refractivity (Wildman–Crippen MR) is 57.0 cm³/mol. The van der Waals surface area contributed by atoms with E-state index in [0.717, 1.165) is 0 Å². The predicted octanol–water partition coefficient (Wildman–Crippen LogP) is 3.18. The highest BCUT2D eigenvalue weighted by atomic mass is 79.9. The summed E-state index contributed by atoms with van der Waals surface area (Å²) in [7, 11) is 0. The number of hydrogen-bond donors (Lipinski definition) is 0. The van der Waals surface area contributed by atoms with Crippen LogP contribution in [0.25, 0.3) is 0 Å². The van der Waals surface area contributed by atoms with Crippen molar-refractivity contribution in [2.45, 2.75) is 6.18 Å². The van der Waals surface area contributed by atoms with Crippen molar-refractivity contribution in [3.05, 3.63) is 28.2 Å². The SMILES string of the molecule is O=Cc1cccc(Br)c1OCOCC(F)(F)F. The first-order valence-corrected chi connectivity index (χ1v) is 5.24. The van der Waals surface area contributed by atoms with E-state index in [9.17, 15) is 18.0 Å². The highest BCUT2D eigenvalue weighted by Gasteiger charge is 2.27. The van der Waals surface area contributed by atoms with Gasteiger partial charge in [0.25, 0.3) is 0 Å². The van der Waals surface area contributed by atoms with Gasteiger partial charge in [0.1, 0.15) is 12.4 Å². The lowest BCUT2D eigenvalue weighted by atomic mass is 10.2. The number of benzene rings is 1. The molecule has 0 aliphatic carbocycles. The number of para-hydroxylation sites is 1. The topological polar surface area (TPSA) is 35.5 Å². The van der Waals surface area contributed by atoms with Crippen molar-refractivity contribution in [3.8, 4) is 5.75 Å². The van der Waals surface area contributed by atoms with Gasteiger partial charge >= 0.3 is 6.18 Å². The maximum absolute atomic E-state index is 11.8. The largest absolute Gasteiger partial charge is 0.466 e. The van der Waals surface area contributed by atoms with E-state index >= 15 is 0 Å². The van der Waals surface area contributed by atoms with E-state index in [4.69, 9.17) is 4.74 Å². The van der Waals surface area contributed by atoms with Crippen LogP contribution >= 0.6 is 15.9 Å². The molecule has 0 atom stereocenters. The molecule has 0 saturated heterocycles. The lowest BCUT2D eigenvalue weighted by Gasteiger charge is -2.11. The summed E-state index contributed by atoms with van der Waals surface area (Å²) in [5.41, 5.74) is 0.231. The van der Waals surface area contributed by atoms with Crippen LogP contribution in [0.4, 0.5) is 13.2 Å². The van der Waals surface area contributed by atoms with Gasteiger partial charge in [-0.25, -0.2) is 0 Å². The first-order chi connectivity index (χ1) is 7.94. The van der Waals surface area contributed by atoms with Crippen LogP contribution in [0.5, 0.6) is 5.75 Å². The second kappa shape index (κ2) is 6.02. The number of rotatable bonds is 5. The highest BCUT2D eigenvalue weighted by Crippen LogP contribution is 2.28. The Morgan fingerprint density at radius 3 is 2.65 bits per heavy atom. The van der Waals surface area contributed by atoms with Crippen LogP contribution in [0.2, 0.25) is 0 Å². The number of ether oxygens (including phenoxy) is 2. The maximum atomic E-state index is 11.8. The van der Waals surface area contributed by atoms with Crippen LogP contribution in [-0.4, -0.2) is 25.9 Å². The summed E-state index contributed by atoms with van der Waals surface area (Å²) < 4.78 is 45.0. The Morgan fingerprint density at radius 2 is 2.06 bits per heavy atom. The molecule has 0 aliphatic rings. The van der Waals surface area contributed by atoms with E-state index in [1.807, 2.05) is 0 Å². The van der Waals surface area contributed by atoms with Crippen LogP contribution in [0.1, 0.15) is 10.4 Å². The summed E-state index contributed by atoms with van der Waals surface area (Å²) in [4.78, 5) is 10.6. The molecule has 1 rings (SSSR count). The lowest BCUT2D eigenvalue weighted by Crippen LogP contribution is -2.19. The number of hydrogen-bond acceptors (Lipinski definition) is 3. The lowest BCUT2D eigenvalue weighted by molar-refractivity contribution is -0.186. The van der Waals surface area contributed by atoms with E-state index in [2.05, 4.69) is 20.7 Å². The Bertz CT molecular complexity index is 393. The number of carbonyl (C=O) groups excluding carboxylic acids is 1. The molecule has 0 aliphatic heterocycles. The summed E-state index contributed by atoms with van der Waals surface area (Å²) in [6.45, 7) is -1.98. The van der Waals surface area contributed by atoms with Crippen molar-refractivity contribution in [3.63, 3.8) is 0 Å². The number of carbonyl (C=O) groups is 1. The van der Waals surface area contributed by atoms with Crippen molar-refractivity contribution >= 4 is 22.2 Å². The van der Waals surface area contributed by atoms with Crippen LogP contribution in [0, 0.1) is 0 Å². The molecule has 0 fully saturated rings. The van der Waals surface area contributed by atoms with Crippen LogP contribution in [0.3, 0.4) is 0 Å². The zero-order chi connectivity index (χ0) is 12.9. The van der Waals surface area contributed by atoms with Crippen molar-refractivity contribution in [1.82, 2.24) is 0 Å². The number of halogens is 4. The Balaban J connectivity index is 2.54. The molecule has 0 spiro atoms. The molecular weight excluding hydrogens is 305 g/mol. The molecule has 3 nitrogen and oxygen atoms in total. The van der Waals surface area contributed by atoms with Gasteiger partial charge in [-0.3, -0.25) is 4.79 Å². The third-order valence-electron chi connectivity index (χ3n) is 1.68. The molecule has 0 heterocycles.